The molecule has 37 heavy (non-hydrogen) atoms. The fourth-order valence-electron chi connectivity index (χ4n) is 5.63. The molecule has 2 unspecified atom stereocenters. The van der Waals surface area contributed by atoms with Crippen molar-refractivity contribution in [3.05, 3.63) is 89.3 Å². The zero-order chi connectivity index (χ0) is 25.5. The topological polar surface area (TPSA) is 84.6 Å². The van der Waals surface area contributed by atoms with Crippen LogP contribution in [-0.2, 0) is 4.79 Å². The minimum atomic E-state index is -0.282. The number of rotatable bonds is 5. The molecule has 0 saturated carbocycles. The highest BCUT2D eigenvalue weighted by atomic mass is 16.5. The SMILES string of the molecule is COc1cc(C2CC(=O)C3=C(C2)Nc2ccccc2NC3c2c[nH]c3ccccc23)cc(OC)c1OC. The number of hydrogen-bond acceptors (Lipinski definition) is 6. The molecule has 0 fully saturated rings. The molecule has 3 N–H and O–H groups in total. The second-order valence-corrected chi connectivity index (χ2v) is 9.42. The van der Waals surface area contributed by atoms with Crippen molar-refractivity contribution in [2.24, 2.45) is 0 Å². The van der Waals surface area contributed by atoms with Gasteiger partial charge in [0.2, 0.25) is 5.75 Å². The average molecular weight is 496 g/mol. The number of hydrogen-bond donors (Lipinski definition) is 3. The summed E-state index contributed by atoms with van der Waals surface area (Å²) in [5.74, 6) is 1.79. The third-order valence-corrected chi connectivity index (χ3v) is 7.40. The van der Waals surface area contributed by atoms with Crippen LogP contribution in [0.5, 0.6) is 17.2 Å². The van der Waals surface area contributed by atoms with E-state index in [0.717, 1.165) is 44.7 Å². The molecule has 2 heterocycles. The van der Waals surface area contributed by atoms with Crippen LogP contribution >= 0.6 is 0 Å². The summed E-state index contributed by atoms with van der Waals surface area (Å²) in [5, 5.41) is 8.38. The minimum absolute atomic E-state index is 0.0404. The lowest BCUT2D eigenvalue weighted by atomic mass is 9.78. The Labute approximate surface area is 215 Å². The lowest BCUT2D eigenvalue weighted by Crippen LogP contribution is -2.26. The Kier molecular flexibility index (Phi) is 5.75. The van der Waals surface area contributed by atoms with Crippen LogP contribution in [0.15, 0.2) is 78.1 Å². The van der Waals surface area contributed by atoms with Gasteiger partial charge in [-0.05, 0) is 48.2 Å². The van der Waals surface area contributed by atoms with E-state index < -0.39 is 0 Å². The molecule has 0 saturated heterocycles. The van der Waals surface area contributed by atoms with E-state index in [2.05, 4.69) is 27.8 Å². The van der Waals surface area contributed by atoms with Crippen molar-refractivity contribution in [1.82, 2.24) is 4.98 Å². The van der Waals surface area contributed by atoms with Gasteiger partial charge in [-0.25, -0.2) is 0 Å². The predicted octanol–water partition coefficient (Wildman–Crippen LogP) is 6.17. The van der Waals surface area contributed by atoms with Crippen LogP contribution in [-0.4, -0.2) is 32.1 Å². The fourth-order valence-corrected chi connectivity index (χ4v) is 5.63. The summed E-state index contributed by atoms with van der Waals surface area (Å²) >= 11 is 0. The van der Waals surface area contributed by atoms with Gasteiger partial charge in [0.25, 0.3) is 0 Å². The number of carbonyl (C=O) groups is 1. The van der Waals surface area contributed by atoms with Crippen molar-refractivity contribution in [3.8, 4) is 17.2 Å². The zero-order valence-electron chi connectivity index (χ0n) is 21.1. The number of methoxy groups -OCH3 is 3. The highest BCUT2D eigenvalue weighted by Gasteiger charge is 2.37. The van der Waals surface area contributed by atoms with E-state index >= 15 is 0 Å². The smallest absolute Gasteiger partial charge is 0.203 e. The van der Waals surface area contributed by atoms with E-state index in [9.17, 15) is 4.79 Å². The van der Waals surface area contributed by atoms with Crippen LogP contribution in [0.4, 0.5) is 11.4 Å². The number of aromatic nitrogens is 1. The summed E-state index contributed by atoms with van der Waals surface area (Å²) in [5.41, 5.74) is 6.71. The number of anilines is 2. The summed E-state index contributed by atoms with van der Waals surface area (Å²) in [6.45, 7) is 0. The highest BCUT2D eigenvalue weighted by molar-refractivity contribution is 6.02. The van der Waals surface area contributed by atoms with Gasteiger partial charge in [0, 0.05) is 40.4 Å². The first kappa shape index (κ1) is 23.0. The van der Waals surface area contributed by atoms with Crippen molar-refractivity contribution >= 4 is 28.1 Å². The summed E-state index contributed by atoms with van der Waals surface area (Å²) in [6.07, 6.45) is 3.07. The van der Waals surface area contributed by atoms with E-state index in [4.69, 9.17) is 14.2 Å². The number of H-pyrrole nitrogens is 1. The first-order chi connectivity index (χ1) is 18.1. The lowest BCUT2D eigenvalue weighted by molar-refractivity contribution is -0.116. The van der Waals surface area contributed by atoms with E-state index in [0.29, 0.717) is 30.1 Å². The van der Waals surface area contributed by atoms with Crippen molar-refractivity contribution < 1.29 is 19.0 Å². The van der Waals surface area contributed by atoms with Gasteiger partial charge < -0.3 is 29.8 Å². The third kappa shape index (κ3) is 3.87. The van der Waals surface area contributed by atoms with Crippen LogP contribution in [0.2, 0.25) is 0 Å². The third-order valence-electron chi connectivity index (χ3n) is 7.40. The molecule has 7 heteroatoms. The van der Waals surface area contributed by atoms with Gasteiger partial charge in [-0.2, -0.15) is 0 Å². The highest BCUT2D eigenvalue weighted by Crippen LogP contribution is 2.47. The van der Waals surface area contributed by atoms with Gasteiger partial charge in [-0.1, -0.05) is 30.3 Å². The molecule has 3 aromatic carbocycles. The van der Waals surface area contributed by atoms with E-state index in [1.807, 2.05) is 54.7 Å². The average Bonchev–Trinajstić information content (AvgIpc) is 3.28. The molecule has 2 aliphatic rings. The monoisotopic (exact) mass is 495 g/mol. The summed E-state index contributed by atoms with van der Waals surface area (Å²) in [7, 11) is 4.80. The van der Waals surface area contributed by atoms with Gasteiger partial charge in [0.1, 0.15) is 0 Å². The number of Topliss-reactive ketones (excluding diaryl/α,β-unsaturated/α-hetero) is 1. The minimum Gasteiger partial charge on any atom is -0.493 e. The number of aromatic amines is 1. The molecule has 7 nitrogen and oxygen atoms in total. The van der Waals surface area contributed by atoms with Crippen molar-refractivity contribution in [1.29, 1.82) is 0 Å². The quantitative estimate of drug-likeness (QED) is 0.307. The molecule has 188 valence electrons. The Morgan fingerprint density at radius 1 is 0.838 bits per heavy atom. The van der Waals surface area contributed by atoms with Crippen LogP contribution in [0.1, 0.15) is 35.9 Å². The largest absolute Gasteiger partial charge is 0.493 e. The molecule has 6 rings (SSSR count). The van der Waals surface area contributed by atoms with Crippen LogP contribution < -0.4 is 24.8 Å². The maximum Gasteiger partial charge on any atom is 0.203 e. The van der Waals surface area contributed by atoms with E-state index in [-0.39, 0.29) is 17.7 Å². The number of para-hydroxylation sites is 3. The summed E-state index contributed by atoms with van der Waals surface area (Å²) in [6, 6.07) is 19.9. The van der Waals surface area contributed by atoms with Gasteiger partial charge in [-0.3, -0.25) is 4.79 Å². The van der Waals surface area contributed by atoms with Crippen molar-refractivity contribution in [2.75, 3.05) is 32.0 Å². The first-order valence-electron chi connectivity index (χ1n) is 12.4. The molecular weight excluding hydrogens is 466 g/mol. The summed E-state index contributed by atoms with van der Waals surface area (Å²) in [4.78, 5) is 17.3. The molecule has 1 aromatic heterocycles. The van der Waals surface area contributed by atoms with Crippen LogP contribution in [0, 0.1) is 0 Å². The molecule has 0 amide bonds. The molecular formula is C30H29N3O4. The standard InChI is InChI=1S/C30H29N3O4/c1-35-26-14-18(15-27(36-2)30(26)37-3)17-12-24-28(25(34)13-17)29(33-23-11-7-6-10-22(23)32-24)20-16-31-21-9-5-4-8-19(20)21/h4-11,14-17,29,31-33H,12-13H2,1-3H3. The maximum absolute atomic E-state index is 14.0. The fraction of sp³-hybridized carbons (Fsp3) is 0.233. The summed E-state index contributed by atoms with van der Waals surface area (Å²) < 4.78 is 16.7. The Morgan fingerprint density at radius 3 is 2.27 bits per heavy atom. The van der Waals surface area contributed by atoms with Crippen molar-refractivity contribution in [2.45, 2.75) is 24.8 Å². The number of ketones is 1. The van der Waals surface area contributed by atoms with E-state index in [1.165, 1.54) is 0 Å². The molecule has 2 atom stereocenters. The molecule has 0 spiro atoms. The Hall–Kier alpha value is -4.39. The van der Waals surface area contributed by atoms with Gasteiger partial charge in [-0.15, -0.1) is 0 Å². The normalized spacial score (nSPS) is 18.8. The number of fused-ring (bicyclic) bond motifs is 2. The molecule has 1 aliphatic heterocycles. The van der Waals surface area contributed by atoms with Crippen LogP contribution in [0.3, 0.4) is 0 Å². The number of allylic oxidation sites excluding steroid dienone is 1. The zero-order valence-corrected chi connectivity index (χ0v) is 21.1. The van der Waals surface area contributed by atoms with Gasteiger partial charge in [0.05, 0.1) is 38.7 Å². The van der Waals surface area contributed by atoms with Crippen molar-refractivity contribution in [3.63, 3.8) is 0 Å². The molecule has 1 aliphatic carbocycles. The lowest BCUT2D eigenvalue weighted by Gasteiger charge is -2.30. The molecule has 0 bridgehead atoms. The number of nitrogens with one attached hydrogen (secondary N) is 3. The molecule has 0 radical (unpaired) electrons. The molecule has 4 aromatic rings. The first-order valence-corrected chi connectivity index (χ1v) is 12.4. The van der Waals surface area contributed by atoms with Crippen LogP contribution in [0.25, 0.3) is 10.9 Å². The number of benzene rings is 3. The van der Waals surface area contributed by atoms with Gasteiger partial charge in [0.15, 0.2) is 17.3 Å². The van der Waals surface area contributed by atoms with E-state index in [1.54, 1.807) is 21.3 Å². The second kappa shape index (κ2) is 9.24. The maximum atomic E-state index is 14.0. The Morgan fingerprint density at radius 2 is 1.54 bits per heavy atom. The second-order valence-electron chi connectivity index (χ2n) is 9.42. The Bertz CT molecular complexity index is 1510. The predicted molar refractivity (Wildman–Crippen MR) is 145 cm³/mol. The van der Waals surface area contributed by atoms with Gasteiger partial charge >= 0.3 is 0 Å². The number of ether oxygens (including phenoxy) is 3. The Balaban J connectivity index is 1.47. The number of carbonyl (C=O) groups excluding carboxylic acids is 1.